The Morgan fingerprint density at radius 1 is 1.22 bits per heavy atom. The molecule has 18 heavy (non-hydrogen) atoms. The number of aliphatic hydroxyl groups excluding tert-OH is 1. The quantitative estimate of drug-likeness (QED) is 0.706. The molecule has 100 valence electrons. The molecule has 1 atom stereocenters. The highest BCUT2D eigenvalue weighted by atomic mass is 16.5. The third kappa shape index (κ3) is 2.72. The van der Waals surface area contributed by atoms with Gasteiger partial charge in [-0.2, -0.15) is 0 Å². The molecule has 0 saturated heterocycles. The van der Waals surface area contributed by atoms with Gasteiger partial charge in [-0.15, -0.1) is 0 Å². The smallest absolute Gasteiger partial charge is 0.200 e. The first-order valence-electron chi connectivity index (χ1n) is 5.31. The zero-order valence-electron chi connectivity index (χ0n) is 10.6. The number of rotatable bonds is 6. The fraction of sp³-hybridized carbons (Fsp3) is 0.417. The van der Waals surface area contributed by atoms with Crippen LogP contribution in [0.2, 0.25) is 0 Å². The van der Waals surface area contributed by atoms with E-state index in [0.29, 0.717) is 5.75 Å². The molecule has 0 radical (unpaired) electrons. The maximum atomic E-state index is 12.0. The van der Waals surface area contributed by atoms with Crippen molar-refractivity contribution in [2.24, 2.45) is 5.73 Å². The molecule has 6 heteroatoms. The van der Waals surface area contributed by atoms with Crippen LogP contribution in [0, 0.1) is 0 Å². The van der Waals surface area contributed by atoms with Crippen LogP contribution < -0.4 is 19.9 Å². The number of carbonyl (C=O) groups excluding carboxylic acids is 1. The highest BCUT2D eigenvalue weighted by molar-refractivity contribution is 6.04. The van der Waals surface area contributed by atoms with Crippen molar-refractivity contribution in [1.29, 1.82) is 0 Å². The summed E-state index contributed by atoms with van der Waals surface area (Å²) in [5, 5.41) is 9.53. The molecule has 0 heterocycles. The van der Waals surface area contributed by atoms with Crippen molar-refractivity contribution in [2.45, 2.75) is 6.10 Å². The lowest BCUT2D eigenvalue weighted by atomic mass is 10.0. The van der Waals surface area contributed by atoms with Gasteiger partial charge in [0.05, 0.1) is 21.3 Å². The Kier molecular flexibility index (Phi) is 4.94. The van der Waals surface area contributed by atoms with Gasteiger partial charge in [-0.3, -0.25) is 4.79 Å². The minimum atomic E-state index is -1.29. The van der Waals surface area contributed by atoms with Gasteiger partial charge in [0.15, 0.2) is 5.78 Å². The number of hydrogen-bond acceptors (Lipinski definition) is 6. The van der Waals surface area contributed by atoms with Gasteiger partial charge < -0.3 is 25.1 Å². The van der Waals surface area contributed by atoms with Gasteiger partial charge in [0.2, 0.25) is 0 Å². The lowest BCUT2D eigenvalue weighted by Crippen LogP contribution is -2.29. The van der Waals surface area contributed by atoms with E-state index in [4.69, 9.17) is 19.9 Å². The van der Waals surface area contributed by atoms with Crippen LogP contribution in [0.25, 0.3) is 0 Å². The Morgan fingerprint density at radius 2 is 1.72 bits per heavy atom. The molecule has 1 rings (SSSR count). The molecule has 0 aliphatic carbocycles. The number of carbonyl (C=O) groups is 1. The first-order chi connectivity index (χ1) is 8.58. The first kappa shape index (κ1) is 14.3. The standard InChI is InChI=1S/C12H17NO5/c1-16-7-4-9(17-2)11(10(5-7)18-3)12(15)8(14)6-13/h4-5,8,14H,6,13H2,1-3H3. The molecule has 0 saturated carbocycles. The number of ether oxygens (including phenoxy) is 3. The normalized spacial score (nSPS) is 11.8. The van der Waals surface area contributed by atoms with Gasteiger partial charge in [-0.1, -0.05) is 0 Å². The van der Waals surface area contributed by atoms with E-state index in [1.807, 2.05) is 0 Å². The lowest BCUT2D eigenvalue weighted by Gasteiger charge is -2.15. The van der Waals surface area contributed by atoms with E-state index in [9.17, 15) is 9.90 Å². The summed E-state index contributed by atoms with van der Waals surface area (Å²) in [6.45, 7) is -0.169. The number of Topliss-reactive ketones (excluding diaryl/α,β-unsaturated/α-hetero) is 1. The second kappa shape index (κ2) is 6.23. The van der Waals surface area contributed by atoms with E-state index in [1.165, 1.54) is 21.3 Å². The molecule has 6 nitrogen and oxygen atoms in total. The summed E-state index contributed by atoms with van der Waals surface area (Å²) in [6.07, 6.45) is -1.29. The van der Waals surface area contributed by atoms with Gasteiger partial charge in [0, 0.05) is 18.7 Å². The Hall–Kier alpha value is -1.79. The van der Waals surface area contributed by atoms with Crippen LogP contribution in [-0.4, -0.2) is 44.9 Å². The van der Waals surface area contributed by atoms with Gasteiger partial charge in [0.25, 0.3) is 0 Å². The molecule has 1 unspecified atom stereocenters. The predicted molar refractivity (Wildman–Crippen MR) is 65.5 cm³/mol. The Balaban J connectivity index is 3.35. The maximum absolute atomic E-state index is 12.0. The second-order valence-corrected chi connectivity index (χ2v) is 3.52. The molecular weight excluding hydrogens is 238 g/mol. The van der Waals surface area contributed by atoms with E-state index in [1.54, 1.807) is 12.1 Å². The van der Waals surface area contributed by atoms with Crippen molar-refractivity contribution in [3.63, 3.8) is 0 Å². The maximum Gasteiger partial charge on any atom is 0.200 e. The fourth-order valence-corrected chi connectivity index (χ4v) is 1.52. The topological polar surface area (TPSA) is 91.0 Å². The van der Waals surface area contributed by atoms with Crippen molar-refractivity contribution in [2.75, 3.05) is 27.9 Å². The molecule has 0 aliphatic rings. The average molecular weight is 255 g/mol. The molecule has 0 aliphatic heterocycles. The van der Waals surface area contributed by atoms with E-state index in [0.717, 1.165) is 0 Å². The number of methoxy groups -OCH3 is 3. The summed E-state index contributed by atoms with van der Waals surface area (Å²) in [5.74, 6) is 0.476. The third-order valence-corrected chi connectivity index (χ3v) is 2.49. The van der Waals surface area contributed by atoms with Gasteiger partial charge >= 0.3 is 0 Å². The van der Waals surface area contributed by atoms with Gasteiger partial charge in [-0.25, -0.2) is 0 Å². The van der Waals surface area contributed by atoms with Crippen LogP contribution >= 0.6 is 0 Å². The molecule has 1 aromatic rings. The molecule has 0 fully saturated rings. The highest BCUT2D eigenvalue weighted by Gasteiger charge is 2.25. The van der Waals surface area contributed by atoms with Crippen molar-refractivity contribution >= 4 is 5.78 Å². The highest BCUT2D eigenvalue weighted by Crippen LogP contribution is 2.34. The lowest BCUT2D eigenvalue weighted by molar-refractivity contribution is 0.0756. The van der Waals surface area contributed by atoms with Crippen molar-refractivity contribution < 1.29 is 24.1 Å². The Labute approximate surface area is 105 Å². The third-order valence-electron chi connectivity index (χ3n) is 2.49. The second-order valence-electron chi connectivity index (χ2n) is 3.52. The van der Waals surface area contributed by atoms with Crippen LogP contribution in [0.5, 0.6) is 17.2 Å². The number of ketones is 1. The molecule has 0 spiro atoms. The zero-order valence-corrected chi connectivity index (χ0v) is 10.6. The van der Waals surface area contributed by atoms with Crippen molar-refractivity contribution in [1.82, 2.24) is 0 Å². The van der Waals surface area contributed by atoms with Crippen LogP contribution in [0.15, 0.2) is 12.1 Å². The fourth-order valence-electron chi connectivity index (χ4n) is 1.52. The zero-order chi connectivity index (χ0) is 13.7. The number of benzene rings is 1. The van der Waals surface area contributed by atoms with E-state index in [2.05, 4.69) is 0 Å². The molecule has 3 N–H and O–H groups in total. The van der Waals surface area contributed by atoms with E-state index in [-0.39, 0.29) is 23.6 Å². The number of nitrogens with two attached hydrogens (primary N) is 1. The molecule has 0 aromatic heterocycles. The number of aliphatic hydroxyl groups is 1. The van der Waals surface area contributed by atoms with Crippen LogP contribution in [0.3, 0.4) is 0 Å². The van der Waals surface area contributed by atoms with E-state index >= 15 is 0 Å². The Bertz CT molecular complexity index is 407. The Morgan fingerprint density at radius 3 is 2.06 bits per heavy atom. The minimum Gasteiger partial charge on any atom is -0.496 e. The summed E-state index contributed by atoms with van der Waals surface area (Å²) in [5.41, 5.74) is 5.42. The first-order valence-corrected chi connectivity index (χ1v) is 5.31. The molecule has 0 bridgehead atoms. The van der Waals surface area contributed by atoms with Gasteiger partial charge in [0.1, 0.15) is 28.9 Å². The largest absolute Gasteiger partial charge is 0.496 e. The molecule has 1 aromatic carbocycles. The molecular formula is C12H17NO5. The minimum absolute atomic E-state index is 0.152. The molecule has 0 amide bonds. The van der Waals surface area contributed by atoms with Gasteiger partial charge in [-0.05, 0) is 0 Å². The van der Waals surface area contributed by atoms with E-state index < -0.39 is 11.9 Å². The summed E-state index contributed by atoms with van der Waals surface area (Å²) in [4.78, 5) is 12.0. The van der Waals surface area contributed by atoms with Crippen LogP contribution in [0.1, 0.15) is 10.4 Å². The number of hydrogen-bond donors (Lipinski definition) is 2. The van der Waals surface area contributed by atoms with Crippen LogP contribution in [0.4, 0.5) is 0 Å². The van der Waals surface area contributed by atoms with Crippen LogP contribution in [-0.2, 0) is 0 Å². The summed E-state index contributed by atoms with van der Waals surface area (Å²) < 4.78 is 15.3. The monoisotopic (exact) mass is 255 g/mol. The SMILES string of the molecule is COc1cc(OC)c(C(=O)C(O)CN)c(OC)c1. The summed E-state index contributed by atoms with van der Waals surface area (Å²) in [6, 6.07) is 3.08. The summed E-state index contributed by atoms with van der Waals surface area (Å²) in [7, 11) is 4.32. The average Bonchev–Trinajstić information content (AvgIpc) is 2.43. The van der Waals surface area contributed by atoms with Crippen molar-refractivity contribution in [3.05, 3.63) is 17.7 Å². The predicted octanol–water partition coefficient (Wildman–Crippen LogP) is 0.215. The summed E-state index contributed by atoms with van der Waals surface area (Å²) >= 11 is 0. The van der Waals surface area contributed by atoms with Crippen molar-refractivity contribution in [3.8, 4) is 17.2 Å².